The van der Waals surface area contributed by atoms with E-state index in [1.807, 2.05) is 67.1 Å². The molecule has 0 fully saturated rings. The van der Waals surface area contributed by atoms with Crippen LogP contribution in [0.3, 0.4) is 0 Å². The number of rotatable bonds is 2. The Balaban J connectivity index is 1.92. The third-order valence-electron chi connectivity index (χ3n) is 3.65. The minimum atomic E-state index is -0.547. The predicted molar refractivity (Wildman–Crippen MR) is 79.8 cm³/mol. The predicted octanol–water partition coefficient (Wildman–Crippen LogP) is 2.42. The van der Waals surface area contributed by atoms with Crippen LogP contribution in [0.2, 0.25) is 0 Å². The molecule has 0 aliphatic rings. The van der Waals surface area contributed by atoms with Crippen molar-refractivity contribution in [1.29, 1.82) is 0 Å². The molecular weight excluding hydrogens is 264 g/mol. The molecule has 104 valence electrons. The van der Waals surface area contributed by atoms with Gasteiger partial charge in [-0.05, 0) is 38.1 Å². The second-order valence-electron chi connectivity index (χ2n) is 5.46. The van der Waals surface area contributed by atoms with Crippen molar-refractivity contribution in [3.8, 4) is 0 Å². The van der Waals surface area contributed by atoms with Crippen LogP contribution < -0.4 is 0 Å². The lowest BCUT2D eigenvalue weighted by molar-refractivity contribution is 0.212. The van der Waals surface area contributed by atoms with E-state index in [0.717, 1.165) is 22.1 Å². The van der Waals surface area contributed by atoms with Gasteiger partial charge >= 0.3 is 0 Å². The number of hydrogen-bond donors (Lipinski definition) is 0. The Hall–Kier alpha value is -2.76. The van der Waals surface area contributed by atoms with Crippen molar-refractivity contribution in [2.45, 2.75) is 19.5 Å². The summed E-state index contributed by atoms with van der Waals surface area (Å²) >= 11 is 0. The van der Waals surface area contributed by atoms with Crippen molar-refractivity contribution in [1.82, 2.24) is 30.0 Å². The largest absolute Gasteiger partial charge is 0.216 e. The maximum absolute atomic E-state index is 4.56. The Bertz CT molecular complexity index is 900. The highest BCUT2D eigenvalue weighted by atomic mass is 15.6. The summed E-state index contributed by atoms with van der Waals surface area (Å²) in [6.45, 7) is 4.04. The molecule has 21 heavy (non-hydrogen) atoms. The summed E-state index contributed by atoms with van der Waals surface area (Å²) in [6.07, 6.45) is 0. The summed E-state index contributed by atoms with van der Waals surface area (Å²) in [7, 11) is 0. The first-order valence-electron chi connectivity index (χ1n) is 6.80. The fraction of sp³-hybridized carbons (Fsp3) is 0.200. The van der Waals surface area contributed by atoms with E-state index in [-0.39, 0.29) is 0 Å². The molecule has 4 rings (SSSR count). The molecule has 0 aliphatic carbocycles. The number of nitrogens with zero attached hydrogens (tertiary/aromatic N) is 6. The van der Waals surface area contributed by atoms with E-state index in [1.165, 1.54) is 0 Å². The standard InChI is InChI=1S/C15H14N6/c1-15(2,20-14-10-6-5-9-13(14)16-19-20)21-17-11-7-3-4-8-12(11)18-21/h3-10H,1-2H3. The normalized spacial score (nSPS) is 12.3. The molecule has 6 heteroatoms. The molecule has 2 aromatic heterocycles. The Labute approximate surface area is 121 Å². The molecule has 0 bridgehead atoms. The van der Waals surface area contributed by atoms with Gasteiger partial charge in [0.25, 0.3) is 0 Å². The zero-order valence-corrected chi connectivity index (χ0v) is 11.8. The molecular formula is C15H14N6. The van der Waals surface area contributed by atoms with Crippen LogP contribution in [0.4, 0.5) is 0 Å². The summed E-state index contributed by atoms with van der Waals surface area (Å²) < 4.78 is 1.85. The van der Waals surface area contributed by atoms with Crippen LogP contribution in [0.25, 0.3) is 22.1 Å². The highest BCUT2D eigenvalue weighted by molar-refractivity contribution is 5.74. The van der Waals surface area contributed by atoms with Crippen LogP contribution >= 0.6 is 0 Å². The van der Waals surface area contributed by atoms with E-state index in [9.17, 15) is 0 Å². The molecule has 0 unspecified atom stereocenters. The van der Waals surface area contributed by atoms with Gasteiger partial charge in [0.15, 0.2) is 5.66 Å². The SMILES string of the molecule is CC(C)(n1nc2ccccc2n1)n1nnc2ccccc21. The Morgan fingerprint density at radius 1 is 0.810 bits per heavy atom. The molecule has 0 aliphatic heterocycles. The van der Waals surface area contributed by atoms with Gasteiger partial charge in [0, 0.05) is 0 Å². The maximum Gasteiger partial charge on any atom is 0.170 e. The average molecular weight is 278 g/mol. The van der Waals surface area contributed by atoms with Gasteiger partial charge in [-0.3, -0.25) is 0 Å². The van der Waals surface area contributed by atoms with E-state index in [2.05, 4.69) is 20.5 Å². The fourth-order valence-corrected chi connectivity index (χ4v) is 2.46. The zero-order chi connectivity index (χ0) is 14.4. The van der Waals surface area contributed by atoms with Gasteiger partial charge in [0.05, 0.1) is 5.52 Å². The van der Waals surface area contributed by atoms with Gasteiger partial charge in [-0.15, -0.1) is 5.10 Å². The monoisotopic (exact) mass is 278 g/mol. The third kappa shape index (κ3) is 1.72. The van der Waals surface area contributed by atoms with Crippen LogP contribution in [0.1, 0.15) is 13.8 Å². The maximum atomic E-state index is 4.56. The van der Waals surface area contributed by atoms with E-state index >= 15 is 0 Å². The molecule has 2 aromatic carbocycles. The highest BCUT2D eigenvalue weighted by Gasteiger charge is 2.28. The van der Waals surface area contributed by atoms with Gasteiger partial charge in [0.1, 0.15) is 16.6 Å². The van der Waals surface area contributed by atoms with Gasteiger partial charge in [-0.25, -0.2) is 4.68 Å². The topological polar surface area (TPSA) is 61.4 Å². The van der Waals surface area contributed by atoms with Crippen molar-refractivity contribution in [3.05, 3.63) is 48.5 Å². The molecule has 0 atom stereocenters. The lowest BCUT2D eigenvalue weighted by atomic mass is 10.2. The first-order chi connectivity index (χ1) is 10.2. The summed E-state index contributed by atoms with van der Waals surface area (Å²) in [5, 5.41) is 17.6. The number of para-hydroxylation sites is 1. The van der Waals surface area contributed by atoms with Crippen molar-refractivity contribution in [3.63, 3.8) is 0 Å². The number of hydrogen-bond acceptors (Lipinski definition) is 4. The molecule has 0 radical (unpaired) electrons. The Morgan fingerprint density at radius 2 is 1.38 bits per heavy atom. The Kier molecular flexibility index (Phi) is 2.35. The van der Waals surface area contributed by atoms with E-state index < -0.39 is 5.66 Å². The smallest absolute Gasteiger partial charge is 0.170 e. The molecule has 0 saturated heterocycles. The summed E-state index contributed by atoms with van der Waals surface area (Å²) in [6, 6.07) is 15.7. The average Bonchev–Trinajstić information content (AvgIpc) is 3.11. The molecule has 0 spiro atoms. The molecule has 0 amide bonds. The molecule has 0 N–H and O–H groups in total. The number of benzene rings is 2. The van der Waals surface area contributed by atoms with E-state index in [1.54, 1.807) is 4.80 Å². The lowest BCUT2D eigenvalue weighted by Crippen LogP contribution is -2.37. The molecule has 0 saturated carbocycles. The van der Waals surface area contributed by atoms with Gasteiger partial charge in [-0.1, -0.05) is 29.5 Å². The van der Waals surface area contributed by atoms with Crippen molar-refractivity contribution < 1.29 is 0 Å². The molecule has 6 nitrogen and oxygen atoms in total. The summed E-state index contributed by atoms with van der Waals surface area (Å²) in [5.74, 6) is 0. The van der Waals surface area contributed by atoms with Gasteiger partial charge in [0.2, 0.25) is 0 Å². The quantitative estimate of drug-likeness (QED) is 0.565. The Morgan fingerprint density at radius 3 is 2.05 bits per heavy atom. The second-order valence-corrected chi connectivity index (χ2v) is 5.46. The summed E-state index contributed by atoms with van der Waals surface area (Å²) in [5.41, 5.74) is 3.02. The van der Waals surface area contributed by atoms with Crippen molar-refractivity contribution in [2.24, 2.45) is 0 Å². The first-order valence-corrected chi connectivity index (χ1v) is 6.80. The summed E-state index contributed by atoms with van der Waals surface area (Å²) in [4.78, 5) is 1.69. The van der Waals surface area contributed by atoms with Crippen molar-refractivity contribution in [2.75, 3.05) is 0 Å². The van der Waals surface area contributed by atoms with Gasteiger partial charge < -0.3 is 0 Å². The van der Waals surface area contributed by atoms with Crippen LogP contribution in [-0.2, 0) is 5.66 Å². The van der Waals surface area contributed by atoms with Crippen LogP contribution in [0.15, 0.2) is 48.5 Å². The van der Waals surface area contributed by atoms with Gasteiger partial charge in [-0.2, -0.15) is 15.0 Å². The number of aromatic nitrogens is 6. The fourth-order valence-electron chi connectivity index (χ4n) is 2.46. The number of fused-ring (bicyclic) bond motifs is 2. The lowest BCUT2D eigenvalue weighted by Gasteiger charge is -2.24. The first kappa shape index (κ1) is 12.0. The second kappa shape index (κ2) is 4.12. The third-order valence-corrected chi connectivity index (χ3v) is 3.65. The molecule has 2 heterocycles. The minimum absolute atomic E-state index is 0.547. The zero-order valence-electron chi connectivity index (χ0n) is 11.8. The minimum Gasteiger partial charge on any atom is -0.216 e. The van der Waals surface area contributed by atoms with E-state index in [4.69, 9.17) is 0 Å². The highest BCUT2D eigenvalue weighted by Crippen LogP contribution is 2.22. The van der Waals surface area contributed by atoms with Crippen LogP contribution in [0.5, 0.6) is 0 Å². The van der Waals surface area contributed by atoms with Crippen molar-refractivity contribution >= 4 is 22.1 Å². The van der Waals surface area contributed by atoms with E-state index in [0.29, 0.717) is 0 Å². The van der Waals surface area contributed by atoms with Crippen LogP contribution in [0, 0.1) is 0 Å². The molecule has 4 aromatic rings. The van der Waals surface area contributed by atoms with Crippen LogP contribution in [-0.4, -0.2) is 30.0 Å².